The first-order valence-corrected chi connectivity index (χ1v) is 7.43. The second kappa shape index (κ2) is 7.32. The topological polar surface area (TPSA) is 81.1 Å². The minimum atomic E-state index is -1.50. The van der Waals surface area contributed by atoms with Gasteiger partial charge in [0.25, 0.3) is 0 Å². The van der Waals surface area contributed by atoms with Gasteiger partial charge in [-0.15, -0.1) is 0 Å². The third kappa shape index (κ3) is 3.56. The van der Waals surface area contributed by atoms with Gasteiger partial charge >= 0.3 is 5.97 Å². The summed E-state index contributed by atoms with van der Waals surface area (Å²) >= 11 is 0. The maximum Gasteiger partial charge on any atom is 0.338 e. The van der Waals surface area contributed by atoms with Crippen molar-refractivity contribution in [2.24, 2.45) is 5.73 Å². The third-order valence-electron chi connectivity index (χ3n) is 3.71. The molecule has 1 aromatic carbocycles. The Kier molecular flexibility index (Phi) is 5.44. The number of carboxylic acid groups (broad SMARTS) is 1. The van der Waals surface area contributed by atoms with Crippen LogP contribution in [0.3, 0.4) is 0 Å². The summed E-state index contributed by atoms with van der Waals surface area (Å²) in [7, 11) is 0. The predicted octanol–water partition coefficient (Wildman–Crippen LogP) is 2.71. The number of hydrogen-bond donors (Lipinski definition) is 2. The normalized spacial score (nSPS) is 11.0. The summed E-state index contributed by atoms with van der Waals surface area (Å²) < 4.78 is 29.7. The third-order valence-corrected chi connectivity index (χ3v) is 3.71. The number of carboxylic acids is 1. The van der Waals surface area contributed by atoms with E-state index in [0.29, 0.717) is 6.42 Å². The van der Waals surface area contributed by atoms with E-state index in [1.165, 1.54) is 6.07 Å². The summed E-state index contributed by atoms with van der Waals surface area (Å²) in [6.45, 7) is 2.35. The van der Waals surface area contributed by atoms with Gasteiger partial charge in [-0.1, -0.05) is 19.4 Å². The molecule has 3 N–H and O–H groups in total. The highest BCUT2D eigenvalue weighted by Crippen LogP contribution is 2.19. The van der Waals surface area contributed by atoms with Crippen LogP contribution in [0, 0.1) is 11.6 Å². The smallest absolute Gasteiger partial charge is 0.338 e. The van der Waals surface area contributed by atoms with Crippen LogP contribution < -0.4 is 5.73 Å². The minimum absolute atomic E-state index is 0.0637. The van der Waals surface area contributed by atoms with Crippen LogP contribution in [0.1, 0.15) is 47.2 Å². The van der Waals surface area contributed by atoms with Crippen LogP contribution in [-0.4, -0.2) is 20.6 Å². The molecule has 1 heterocycles. The van der Waals surface area contributed by atoms with E-state index in [4.69, 9.17) is 10.8 Å². The zero-order valence-corrected chi connectivity index (χ0v) is 12.9. The van der Waals surface area contributed by atoms with Crippen molar-refractivity contribution in [1.29, 1.82) is 0 Å². The minimum Gasteiger partial charge on any atom is -0.478 e. The number of hydrogen-bond acceptors (Lipinski definition) is 3. The number of nitrogens with two attached hydrogens (primary N) is 1. The Bertz CT molecular complexity index is 714. The van der Waals surface area contributed by atoms with Gasteiger partial charge in [-0.2, -0.15) is 0 Å². The van der Waals surface area contributed by atoms with Gasteiger partial charge in [-0.25, -0.2) is 18.6 Å². The zero-order valence-electron chi connectivity index (χ0n) is 12.9. The molecule has 0 aliphatic carbocycles. The lowest BCUT2D eigenvalue weighted by Crippen LogP contribution is -2.14. The molecule has 0 saturated carbocycles. The summed E-state index contributed by atoms with van der Waals surface area (Å²) in [5.41, 5.74) is 5.78. The zero-order chi connectivity index (χ0) is 17.0. The number of aromatic carboxylic acids is 1. The summed E-state index contributed by atoms with van der Waals surface area (Å²) in [6, 6.07) is 2.35. The Hall–Kier alpha value is -2.28. The number of rotatable bonds is 7. The van der Waals surface area contributed by atoms with Crippen molar-refractivity contribution in [3.63, 3.8) is 0 Å². The molecule has 0 bridgehead atoms. The lowest BCUT2D eigenvalue weighted by Gasteiger charge is -2.13. The van der Waals surface area contributed by atoms with E-state index >= 15 is 0 Å². The van der Waals surface area contributed by atoms with Crippen LogP contribution in [-0.2, 0) is 19.5 Å². The van der Waals surface area contributed by atoms with Gasteiger partial charge in [0.05, 0.1) is 17.8 Å². The molecule has 2 aromatic rings. The molecule has 0 unspecified atom stereocenters. The van der Waals surface area contributed by atoms with Crippen LogP contribution in [0.2, 0.25) is 0 Å². The van der Waals surface area contributed by atoms with Crippen molar-refractivity contribution >= 4 is 5.97 Å². The molecule has 2 rings (SSSR count). The number of imidazole rings is 1. The van der Waals surface area contributed by atoms with Crippen molar-refractivity contribution in [1.82, 2.24) is 9.55 Å². The first kappa shape index (κ1) is 17.1. The Labute approximate surface area is 132 Å². The van der Waals surface area contributed by atoms with Gasteiger partial charge in [0, 0.05) is 24.7 Å². The van der Waals surface area contributed by atoms with E-state index in [0.717, 1.165) is 30.4 Å². The van der Waals surface area contributed by atoms with Gasteiger partial charge < -0.3 is 15.4 Å². The van der Waals surface area contributed by atoms with Crippen molar-refractivity contribution < 1.29 is 18.7 Å². The molecule has 0 saturated heterocycles. The average molecular weight is 323 g/mol. The van der Waals surface area contributed by atoms with E-state index in [1.54, 1.807) is 10.8 Å². The fourth-order valence-electron chi connectivity index (χ4n) is 2.39. The van der Waals surface area contributed by atoms with Crippen molar-refractivity contribution in [2.45, 2.75) is 39.3 Å². The highest BCUT2D eigenvalue weighted by atomic mass is 19.2. The molecule has 5 nitrogen and oxygen atoms in total. The molecule has 0 amide bonds. The molecule has 7 heteroatoms. The fraction of sp³-hybridized carbons (Fsp3) is 0.375. The second-order valence-electron chi connectivity index (χ2n) is 5.26. The lowest BCUT2D eigenvalue weighted by molar-refractivity contribution is 0.0690. The maximum absolute atomic E-state index is 14.1. The summed E-state index contributed by atoms with van der Waals surface area (Å²) in [5, 5.41) is 8.82. The molecule has 1 aromatic heterocycles. The Balaban J connectivity index is 2.37. The predicted molar refractivity (Wildman–Crippen MR) is 81.1 cm³/mol. The summed E-state index contributed by atoms with van der Waals surface area (Å²) in [6.07, 6.45) is 4.26. The van der Waals surface area contributed by atoms with Crippen LogP contribution >= 0.6 is 0 Å². The number of unbranched alkanes of at least 4 members (excludes halogenated alkanes) is 1. The SMILES string of the molecule is CCCCc1ncc(CN)n1Cc1ccc(C(=O)O)c(F)c1F. The van der Waals surface area contributed by atoms with E-state index < -0.39 is 23.2 Å². The van der Waals surface area contributed by atoms with Crippen molar-refractivity contribution in [3.05, 3.63) is 52.6 Å². The van der Waals surface area contributed by atoms with Gasteiger partial charge in [0.1, 0.15) is 5.82 Å². The van der Waals surface area contributed by atoms with Crippen LogP contribution in [0.15, 0.2) is 18.3 Å². The van der Waals surface area contributed by atoms with Crippen molar-refractivity contribution in [2.75, 3.05) is 0 Å². The number of aromatic nitrogens is 2. The molecule has 0 radical (unpaired) electrons. The number of halogens is 2. The Morgan fingerprint density at radius 1 is 1.35 bits per heavy atom. The maximum atomic E-state index is 14.1. The highest BCUT2D eigenvalue weighted by molar-refractivity contribution is 5.88. The molecular formula is C16H19F2N3O2. The molecule has 0 atom stereocenters. The Morgan fingerprint density at radius 2 is 2.09 bits per heavy atom. The number of benzene rings is 1. The van der Waals surface area contributed by atoms with Crippen LogP contribution in [0.4, 0.5) is 8.78 Å². The number of aryl methyl sites for hydroxylation is 1. The van der Waals surface area contributed by atoms with Gasteiger partial charge in [0.15, 0.2) is 11.6 Å². The first-order chi connectivity index (χ1) is 11.0. The van der Waals surface area contributed by atoms with E-state index in [1.807, 2.05) is 0 Å². The van der Waals surface area contributed by atoms with Crippen LogP contribution in [0.25, 0.3) is 0 Å². The van der Waals surface area contributed by atoms with E-state index in [9.17, 15) is 13.6 Å². The fourth-order valence-corrected chi connectivity index (χ4v) is 2.39. The lowest BCUT2D eigenvalue weighted by atomic mass is 10.1. The monoisotopic (exact) mass is 323 g/mol. The van der Waals surface area contributed by atoms with Crippen LogP contribution in [0.5, 0.6) is 0 Å². The van der Waals surface area contributed by atoms with E-state index in [-0.39, 0.29) is 18.7 Å². The quantitative estimate of drug-likeness (QED) is 0.821. The second-order valence-corrected chi connectivity index (χ2v) is 5.26. The molecule has 0 aliphatic rings. The summed E-state index contributed by atoms with van der Waals surface area (Å²) in [5.74, 6) is -3.24. The molecule has 0 fully saturated rings. The van der Waals surface area contributed by atoms with Gasteiger partial charge in [-0.05, 0) is 12.5 Å². The standard InChI is InChI=1S/C16H19F2N3O2/c1-2-3-4-13-20-8-11(7-19)21(13)9-10-5-6-12(16(22)23)15(18)14(10)17/h5-6,8H,2-4,7,9,19H2,1H3,(H,22,23). The first-order valence-electron chi connectivity index (χ1n) is 7.43. The van der Waals surface area contributed by atoms with Crippen molar-refractivity contribution in [3.8, 4) is 0 Å². The Morgan fingerprint density at radius 3 is 2.70 bits per heavy atom. The molecule has 124 valence electrons. The molecule has 0 spiro atoms. The number of carbonyl (C=O) groups is 1. The highest BCUT2D eigenvalue weighted by Gasteiger charge is 2.19. The summed E-state index contributed by atoms with van der Waals surface area (Å²) in [4.78, 5) is 15.1. The largest absolute Gasteiger partial charge is 0.478 e. The average Bonchev–Trinajstić information content (AvgIpc) is 2.91. The van der Waals surface area contributed by atoms with Gasteiger partial charge in [0.2, 0.25) is 0 Å². The molecule has 0 aliphatic heterocycles. The number of nitrogens with zero attached hydrogens (tertiary/aromatic N) is 2. The molecule has 23 heavy (non-hydrogen) atoms. The van der Waals surface area contributed by atoms with E-state index in [2.05, 4.69) is 11.9 Å². The molecular weight excluding hydrogens is 304 g/mol. The van der Waals surface area contributed by atoms with Gasteiger partial charge in [-0.3, -0.25) is 0 Å².